The van der Waals surface area contributed by atoms with Gasteiger partial charge >= 0.3 is 5.97 Å². The number of hydrogen-bond acceptors (Lipinski definition) is 3. The van der Waals surface area contributed by atoms with Gasteiger partial charge in [-0.15, -0.1) is 0 Å². The minimum absolute atomic E-state index is 0.147. The molecule has 112 valence electrons. The Hall–Kier alpha value is -0.830. The average Bonchev–Trinajstić information content (AvgIpc) is 2.47. The highest BCUT2D eigenvalue weighted by molar-refractivity contribution is 5.70. The van der Waals surface area contributed by atoms with Crippen LogP contribution in [-0.4, -0.2) is 24.8 Å². The van der Waals surface area contributed by atoms with Crippen LogP contribution in [0.5, 0.6) is 0 Å². The Labute approximate surface area is 121 Å². The maximum atomic E-state index is 11.8. The van der Waals surface area contributed by atoms with Gasteiger partial charge in [0, 0.05) is 11.8 Å². The molecule has 3 nitrogen and oxygen atoms in total. The molecule has 0 aromatic rings. The third kappa shape index (κ3) is 2.41. The van der Waals surface area contributed by atoms with Crippen LogP contribution in [0.2, 0.25) is 0 Å². The third-order valence-electron chi connectivity index (χ3n) is 5.49. The van der Waals surface area contributed by atoms with Gasteiger partial charge in [-0.1, -0.05) is 24.5 Å². The van der Waals surface area contributed by atoms with Gasteiger partial charge in [0.1, 0.15) is 0 Å². The smallest absolute Gasteiger partial charge is 0.308 e. The van der Waals surface area contributed by atoms with E-state index in [4.69, 9.17) is 9.47 Å². The van der Waals surface area contributed by atoms with Gasteiger partial charge in [0.25, 0.3) is 0 Å². The fourth-order valence-electron chi connectivity index (χ4n) is 4.54. The Balaban J connectivity index is 1.89. The van der Waals surface area contributed by atoms with Gasteiger partial charge in [0.15, 0.2) is 0 Å². The molecule has 4 atom stereocenters. The van der Waals surface area contributed by atoms with E-state index in [2.05, 4.69) is 13.0 Å². The quantitative estimate of drug-likeness (QED) is 0.571. The van der Waals surface area contributed by atoms with Crippen LogP contribution in [0.25, 0.3) is 0 Å². The molecule has 0 bridgehead atoms. The molecule has 1 aliphatic heterocycles. The minimum Gasteiger partial charge on any atom is -0.469 e. The first-order chi connectivity index (χ1) is 9.64. The Bertz CT molecular complexity index is 414. The lowest BCUT2D eigenvalue weighted by atomic mass is 9.64. The Morgan fingerprint density at radius 1 is 1.35 bits per heavy atom. The largest absolute Gasteiger partial charge is 0.469 e. The molecule has 1 saturated heterocycles. The number of allylic oxidation sites excluding steroid dienone is 1. The Morgan fingerprint density at radius 3 is 2.95 bits per heavy atom. The fourth-order valence-corrected chi connectivity index (χ4v) is 4.54. The summed E-state index contributed by atoms with van der Waals surface area (Å²) in [7, 11) is 1.47. The van der Waals surface area contributed by atoms with Crippen LogP contribution < -0.4 is 0 Å². The molecular weight excluding hydrogens is 252 g/mol. The summed E-state index contributed by atoms with van der Waals surface area (Å²) in [4.78, 5) is 11.8. The molecule has 0 aromatic heterocycles. The average molecular weight is 278 g/mol. The zero-order chi connectivity index (χ0) is 14.2. The molecule has 0 N–H and O–H groups in total. The highest BCUT2D eigenvalue weighted by Crippen LogP contribution is 2.51. The first-order valence-electron chi connectivity index (χ1n) is 8.08. The summed E-state index contributed by atoms with van der Waals surface area (Å²) < 4.78 is 11.4. The Morgan fingerprint density at radius 2 is 2.15 bits per heavy atom. The monoisotopic (exact) mass is 278 g/mol. The van der Waals surface area contributed by atoms with Gasteiger partial charge in [-0.25, -0.2) is 0 Å². The van der Waals surface area contributed by atoms with Crippen LogP contribution in [0.15, 0.2) is 11.6 Å². The highest BCUT2D eigenvalue weighted by atomic mass is 16.5. The first-order valence-corrected chi connectivity index (χ1v) is 8.08. The number of carbonyl (C=O) groups excluding carboxylic acids is 1. The zero-order valence-corrected chi connectivity index (χ0v) is 12.7. The summed E-state index contributed by atoms with van der Waals surface area (Å²) in [5.74, 6) is 0.876. The van der Waals surface area contributed by atoms with Gasteiger partial charge in [-0.05, 0) is 39.0 Å². The summed E-state index contributed by atoms with van der Waals surface area (Å²) >= 11 is 0. The van der Waals surface area contributed by atoms with E-state index in [0.717, 1.165) is 12.8 Å². The van der Waals surface area contributed by atoms with E-state index in [0.29, 0.717) is 24.4 Å². The molecule has 20 heavy (non-hydrogen) atoms. The molecule has 1 heterocycles. The molecule has 0 aromatic carbocycles. The van der Waals surface area contributed by atoms with Crippen LogP contribution in [0.1, 0.15) is 58.3 Å². The van der Waals surface area contributed by atoms with Crippen LogP contribution in [0.4, 0.5) is 0 Å². The number of ether oxygens (including phenoxy) is 2. The predicted octanol–water partition coefficient (Wildman–Crippen LogP) is 3.62. The van der Waals surface area contributed by atoms with Crippen LogP contribution in [0, 0.1) is 11.8 Å². The van der Waals surface area contributed by atoms with E-state index in [9.17, 15) is 4.79 Å². The van der Waals surface area contributed by atoms with Gasteiger partial charge in [0.05, 0.1) is 25.2 Å². The molecule has 2 aliphatic carbocycles. The molecule has 0 radical (unpaired) electrons. The number of carbonyl (C=O) groups is 1. The van der Waals surface area contributed by atoms with E-state index in [1.54, 1.807) is 5.57 Å². The molecule has 2 fully saturated rings. The normalized spacial score (nSPS) is 40.3. The Kier molecular flexibility index (Phi) is 3.89. The van der Waals surface area contributed by atoms with Crippen molar-refractivity contribution in [1.29, 1.82) is 0 Å². The van der Waals surface area contributed by atoms with Crippen LogP contribution in [0.3, 0.4) is 0 Å². The molecule has 0 amide bonds. The number of hydrogen-bond donors (Lipinski definition) is 0. The van der Waals surface area contributed by atoms with Crippen LogP contribution in [-0.2, 0) is 14.3 Å². The van der Waals surface area contributed by atoms with Crippen molar-refractivity contribution >= 4 is 5.97 Å². The summed E-state index contributed by atoms with van der Waals surface area (Å²) in [5.41, 5.74) is 1.23. The predicted molar refractivity (Wildman–Crippen MR) is 77.3 cm³/mol. The van der Waals surface area contributed by atoms with Gasteiger partial charge in [0.2, 0.25) is 0 Å². The van der Waals surface area contributed by atoms with E-state index in [-0.39, 0.29) is 11.6 Å². The SMILES string of the molecule is COC(=O)C[C@]1(C)O[C@@H]2CCCC[C@H]2C2=CCCC[C@@H]21. The second kappa shape index (κ2) is 5.51. The number of rotatable bonds is 2. The fraction of sp³-hybridized carbons (Fsp3) is 0.824. The third-order valence-corrected chi connectivity index (χ3v) is 5.49. The summed E-state index contributed by atoms with van der Waals surface area (Å²) in [5, 5.41) is 0. The topological polar surface area (TPSA) is 35.5 Å². The van der Waals surface area contributed by atoms with E-state index < -0.39 is 0 Å². The van der Waals surface area contributed by atoms with Crippen molar-refractivity contribution in [3.05, 3.63) is 11.6 Å². The number of esters is 1. The minimum atomic E-state index is -0.363. The van der Waals surface area contributed by atoms with Crippen LogP contribution >= 0.6 is 0 Å². The first kappa shape index (κ1) is 14.1. The standard InChI is InChI=1S/C17H26O3/c1-17(11-16(18)19-2)14-9-5-3-7-12(14)13-8-4-6-10-15(13)20-17/h7,13-15H,3-6,8-11H2,1-2H3/t13-,14-,15+,17-/m0/s1. The second-order valence-electron chi connectivity index (χ2n) is 6.80. The zero-order valence-electron chi connectivity index (χ0n) is 12.7. The molecule has 0 unspecified atom stereocenters. The van der Waals surface area contributed by atoms with Crippen molar-refractivity contribution in [1.82, 2.24) is 0 Å². The lowest BCUT2D eigenvalue weighted by molar-refractivity contribution is -0.181. The van der Waals surface area contributed by atoms with Gasteiger partial charge < -0.3 is 9.47 Å². The lowest BCUT2D eigenvalue weighted by Gasteiger charge is -2.52. The number of fused-ring (bicyclic) bond motifs is 3. The van der Waals surface area contributed by atoms with Gasteiger partial charge in [-0.2, -0.15) is 0 Å². The van der Waals surface area contributed by atoms with Gasteiger partial charge in [-0.3, -0.25) is 4.79 Å². The maximum absolute atomic E-state index is 11.8. The lowest BCUT2D eigenvalue weighted by Crippen LogP contribution is -2.53. The molecule has 0 spiro atoms. The molecule has 3 rings (SSSR count). The maximum Gasteiger partial charge on any atom is 0.308 e. The van der Waals surface area contributed by atoms with Crippen molar-refractivity contribution in [2.24, 2.45) is 11.8 Å². The number of methoxy groups -OCH3 is 1. The van der Waals surface area contributed by atoms with Crippen molar-refractivity contribution in [2.75, 3.05) is 7.11 Å². The summed E-state index contributed by atoms with van der Waals surface area (Å²) in [6.07, 6.45) is 11.7. The molecule has 1 saturated carbocycles. The van der Waals surface area contributed by atoms with Crippen molar-refractivity contribution < 1.29 is 14.3 Å². The van der Waals surface area contributed by atoms with E-state index in [1.165, 1.54) is 39.2 Å². The highest BCUT2D eigenvalue weighted by Gasteiger charge is 2.50. The molecule has 3 heteroatoms. The summed E-state index contributed by atoms with van der Waals surface area (Å²) in [6, 6.07) is 0. The summed E-state index contributed by atoms with van der Waals surface area (Å²) in [6.45, 7) is 2.12. The van der Waals surface area contributed by atoms with E-state index in [1.807, 2.05) is 0 Å². The van der Waals surface area contributed by atoms with E-state index >= 15 is 0 Å². The second-order valence-corrected chi connectivity index (χ2v) is 6.80. The van der Waals surface area contributed by atoms with Crippen molar-refractivity contribution in [3.63, 3.8) is 0 Å². The van der Waals surface area contributed by atoms with Crippen molar-refractivity contribution in [3.8, 4) is 0 Å². The molecular formula is C17H26O3. The molecule has 3 aliphatic rings. The van der Waals surface area contributed by atoms with Crippen molar-refractivity contribution in [2.45, 2.75) is 70.0 Å².